The molecule has 8 nitrogen and oxygen atoms in total. The van der Waals surface area contributed by atoms with Crippen molar-refractivity contribution < 1.29 is 19.2 Å². The number of nitrogens with zero attached hydrogens (tertiary/aromatic N) is 2. The Labute approximate surface area is 168 Å². The van der Waals surface area contributed by atoms with E-state index < -0.39 is 23.0 Å². The summed E-state index contributed by atoms with van der Waals surface area (Å²) >= 11 is 0. The molecule has 0 aliphatic carbocycles. The molecule has 152 valence electrons. The van der Waals surface area contributed by atoms with Gasteiger partial charge in [-0.15, -0.1) is 0 Å². The van der Waals surface area contributed by atoms with Crippen LogP contribution in [-0.2, 0) is 9.59 Å². The molecule has 0 aromatic heterocycles. The van der Waals surface area contributed by atoms with Crippen molar-refractivity contribution >= 4 is 28.9 Å². The van der Waals surface area contributed by atoms with E-state index in [4.69, 9.17) is 4.74 Å². The van der Waals surface area contributed by atoms with Gasteiger partial charge in [0.2, 0.25) is 5.91 Å². The second-order valence-electron chi connectivity index (χ2n) is 7.04. The van der Waals surface area contributed by atoms with Gasteiger partial charge in [-0.05, 0) is 50.5 Å². The van der Waals surface area contributed by atoms with E-state index in [2.05, 4.69) is 5.32 Å². The molecule has 0 radical (unpaired) electrons. The molecule has 0 saturated carbocycles. The lowest BCUT2D eigenvalue weighted by Crippen LogP contribution is -2.53. The third kappa shape index (κ3) is 3.78. The van der Waals surface area contributed by atoms with Gasteiger partial charge in [0.15, 0.2) is 6.10 Å². The maximum atomic E-state index is 13.0. The van der Waals surface area contributed by atoms with Gasteiger partial charge in [-0.2, -0.15) is 0 Å². The predicted molar refractivity (Wildman–Crippen MR) is 109 cm³/mol. The fourth-order valence-corrected chi connectivity index (χ4v) is 3.28. The molecule has 2 atom stereocenters. The average molecular weight is 397 g/mol. The maximum Gasteiger partial charge on any atom is 0.271 e. The van der Waals surface area contributed by atoms with Gasteiger partial charge in [0, 0.05) is 17.8 Å². The van der Waals surface area contributed by atoms with Gasteiger partial charge in [0.1, 0.15) is 11.8 Å². The van der Waals surface area contributed by atoms with Gasteiger partial charge in [0.25, 0.3) is 11.6 Å². The fraction of sp³-hybridized carbons (Fsp3) is 0.333. The maximum absolute atomic E-state index is 13.0. The molecule has 3 rings (SSSR count). The van der Waals surface area contributed by atoms with Crippen molar-refractivity contribution in [3.63, 3.8) is 0 Å². The van der Waals surface area contributed by atoms with Crippen LogP contribution >= 0.6 is 0 Å². The first-order valence-electron chi connectivity index (χ1n) is 9.39. The Morgan fingerprint density at radius 3 is 2.69 bits per heavy atom. The van der Waals surface area contributed by atoms with Crippen molar-refractivity contribution in [3.05, 3.63) is 57.6 Å². The number of aryl methyl sites for hydroxylation is 1. The largest absolute Gasteiger partial charge is 0.478 e. The van der Waals surface area contributed by atoms with Crippen molar-refractivity contribution in [2.24, 2.45) is 0 Å². The number of non-ortho nitro benzene ring substituents is 1. The van der Waals surface area contributed by atoms with E-state index in [-0.39, 0.29) is 17.3 Å². The number of nitro groups is 1. The summed E-state index contributed by atoms with van der Waals surface area (Å²) in [7, 11) is 0. The molecular formula is C21H23N3O5. The molecule has 0 bridgehead atoms. The Kier molecular flexibility index (Phi) is 5.54. The standard InChI is InChI=1S/C21H23N3O5/c1-5-18-21(26)23(17-11-15(24(27)28)9-10-19(17)29-18)14(4)20(25)22-16-8-6-7-12(2)13(16)3/h6-11,14,18H,5H2,1-4H3,(H,22,25). The second-order valence-corrected chi connectivity index (χ2v) is 7.04. The minimum absolute atomic E-state index is 0.178. The SMILES string of the molecule is CCC1Oc2ccc([N+](=O)[O-])cc2N(C(C)C(=O)Nc2cccc(C)c2C)C1=O. The molecule has 29 heavy (non-hydrogen) atoms. The van der Waals surface area contributed by atoms with Crippen LogP contribution in [0.5, 0.6) is 5.75 Å². The van der Waals surface area contributed by atoms with Gasteiger partial charge in [-0.25, -0.2) is 0 Å². The van der Waals surface area contributed by atoms with E-state index in [1.54, 1.807) is 19.9 Å². The molecule has 2 amide bonds. The Balaban J connectivity index is 1.97. The smallest absolute Gasteiger partial charge is 0.271 e. The number of rotatable bonds is 5. The summed E-state index contributed by atoms with van der Waals surface area (Å²) in [5.74, 6) is -0.446. The lowest BCUT2D eigenvalue weighted by molar-refractivity contribution is -0.384. The predicted octanol–water partition coefficient (Wildman–Crippen LogP) is 3.74. The van der Waals surface area contributed by atoms with Crippen LogP contribution in [0.15, 0.2) is 36.4 Å². The summed E-state index contributed by atoms with van der Waals surface area (Å²) in [5.41, 5.74) is 2.67. The summed E-state index contributed by atoms with van der Waals surface area (Å²) in [4.78, 5) is 37.9. The number of hydrogen-bond acceptors (Lipinski definition) is 5. The normalized spacial score (nSPS) is 16.6. The van der Waals surface area contributed by atoms with Gasteiger partial charge < -0.3 is 10.1 Å². The van der Waals surface area contributed by atoms with E-state index in [0.717, 1.165) is 11.1 Å². The first-order valence-corrected chi connectivity index (χ1v) is 9.39. The molecule has 2 unspecified atom stereocenters. The fourth-order valence-electron chi connectivity index (χ4n) is 3.28. The average Bonchev–Trinajstić information content (AvgIpc) is 2.70. The monoisotopic (exact) mass is 397 g/mol. The summed E-state index contributed by atoms with van der Waals surface area (Å²) in [6.07, 6.45) is -0.336. The van der Waals surface area contributed by atoms with Gasteiger partial charge >= 0.3 is 0 Å². The number of amides is 2. The Morgan fingerprint density at radius 1 is 1.31 bits per heavy atom. The summed E-state index contributed by atoms with van der Waals surface area (Å²) in [6, 6.07) is 8.74. The molecule has 2 aromatic rings. The number of ether oxygens (including phenoxy) is 1. The number of carbonyl (C=O) groups excluding carboxylic acids is 2. The van der Waals surface area contributed by atoms with Crippen molar-refractivity contribution in [2.75, 3.05) is 10.2 Å². The third-order valence-electron chi connectivity index (χ3n) is 5.20. The molecule has 1 aliphatic heterocycles. The molecular weight excluding hydrogens is 374 g/mol. The first-order chi connectivity index (χ1) is 13.7. The highest BCUT2D eigenvalue weighted by atomic mass is 16.6. The summed E-state index contributed by atoms with van der Waals surface area (Å²) in [6.45, 7) is 7.25. The van der Waals surface area contributed by atoms with Crippen molar-refractivity contribution in [3.8, 4) is 5.75 Å². The van der Waals surface area contributed by atoms with Crippen molar-refractivity contribution in [1.29, 1.82) is 0 Å². The van der Waals surface area contributed by atoms with E-state index in [9.17, 15) is 19.7 Å². The zero-order valence-electron chi connectivity index (χ0n) is 16.8. The number of nitro benzene ring substituents is 1. The topological polar surface area (TPSA) is 102 Å². The van der Waals surface area contributed by atoms with Crippen LogP contribution in [0.4, 0.5) is 17.1 Å². The third-order valence-corrected chi connectivity index (χ3v) is 5.20. The highest BCUT2D eigenvalue weighted by molar-refractivity contribution is 6.08. The second kappa shape index (κ2) is 7.90. The van der Waals surface area contributed by atoms with Gasteiger partial charge in [0.05, 0.1) is 10.6 Å². The Bertz CT molecular complexity index is 988. The van der Waals surface area contributed by atoms with E-state index in [1.807, 2.05) is 26.0 Å². The Morgan fingerprint density at radius 2 is 2.03 bits per heavy atom. The van der Waals surface area contributed by atoms with Crippen LogP contribution in [0.2, 0.25) is 0 Å². The summed E-state index contributed by atoms with van der Waals surface area (Å²) < 4.78 is 5.70. The number of carbonyl (C=O) groups is 2. The minimum atomic E-state index is -0.888. The highest BCUT2D eigenvalue weighted by Crippen LogP contribution is 2.38. The van der Waals surface area contributed by atoms with Gasteiger partial charge in [-0.1, -0.05) is 19.1 Å². The van der Waals surface area contributed by atoms with Crippen LogP contribution in [0.1, 0.15) is 31.4 Å². The van der Waals surface area contributed by atoms with Crippen LogP contribution in [0.25, 0.3) is 0 Å². The van der Waals surface area contributed by atoms with E-state index in [0.29, 0.717) is 17.9 Å². The number of anilines is 2. The van der Waals surface area contributed by atoms with Crippen LogP contribution in [0.3, 0.4) is 0 Å². The zero-order valence-corrected chi connectivity index (χ0v) is 16.8. The number of hydrogen-bond donors (Lipinski definition) is 1. The lowest BCUT2D eigenvalue weighted by Gasteiger charge is -2.37. The molecule has 2 aromatic carbocycles. The van der Waals surface area contributed by atoms with Gasteiger partial charge in [-0.3, -0.25) is 24.6 Å². The minimum Gasteiger partial charge on any atom is -0.478 e. The van der Waals surface area contributed by atoms with E-state index in [1.165, 1.54) is 23.1 Å². The number of benzene rings is 2. The lowest BCUT2D eigenvalue weighted by atomic mass is 10.1. The first kappa shape index (κ1) is 20.3. The molecule has 0 saturated heterocycles. The molecule has 8 heteroatoms. The number of nitrogens with one attached hydrogen (secondary N) is 1. The van der Waals surface area contributed by atoms with Crippen molar-refractivity contribution in [1.82, 2.24) is 0 Å². The molecule has 1 heterocycles. The van der Waals surface area contributed by atoms with Crippen molar-refractivity contribution in [2.45, 2.75) is 46.3 Å². The quantitative estimate of drug-likeness (QED) is 0.612. The zero-order chi connectivity index (χ0) is 21.3. The van der Waals surface area contributed by atoms with Crippen LogP contribution in [0, 0.1) is 24.0 Å². The Hall–Kier alpha value is -3.42. The molecule has 1 N–H and O–H groups in total. The highest BCUT2D eigenvalue weighted by Gasteiger charge is 2.39. The van der Waals surface area contributed by atoms with Crippen LogP contribution in [-0.4, -0.2) is 28.9 Å². The molecule has 1 aliphatic rings. The summed E-state index contributed by atoms with van der Waals surface area (Å²) in [5, 5.41) is 14.1. The molecule has 0 fully saturated rings. The number of fused-ring (bicyclic) bond motifs is 1. The van der Waals surface area contributed by atoms with Crippen LogP contribution < -0.4 is 15.0 Å². The molecule has 0 spiro atoms. The van der Waals surface area contributed by atoms with E-state index >= 15 is 0 Å².